The first-order valence-electron chi connectivity index (χ1n) is 5.53. The fraction of sp³-hybridized carbons (Fsp3) is 0.0714. The van der Waals surface area contributed by atoms with Crippen LogP contribution in [0.5, 0.6) is 5.75 Å². The van der Waals surface area contributed by atoms with Gasteiger partial charge in [0.15, 0.2) is 0 Å². The summed E-state index contributed by atoms with van der Waals surface area (Å²) in [7, 11) is 0. The first-order valence-corrected chi connectivity index (χ1v) is 5.53. The molecular weight excluding hydrogens is 230 g/mol. The van der Waals surface area contributed by atoms with Gasteiger partial charge in [0.1, 0.15) is 5.75 Å². The first kappa shape index (κ1) is 12.1. The highest BCUT2D eigenvalue weighted by Crippen LogP contribution is 2.08. The van der Waals surface area contributed by atoms with Gasteiger partial charge < -0.3 is 4.74 Å². The van der Waals surface area contributed by atoms with Crippen molar-refractivity contribution in [1.82, 2.24) is 5.48 Å². The molecule has 0 atom stereocenters. The molecule has 2 aromatic rings. The molecule has 4 heteroatoms. The molecule has 0 aliphatic heterocycles. The molecule has 1 amide bonds. The van der Waals surface area contributed by atoms with Crippen LogP contribution in [0, 0.1) is 0 Å². The lowest BCUT2D eigenvalue weighted by Crippen LogP contribution is -2.26. The summed E-state index contributed by atoms with van der Waals surface area (Å²) in [6.45, 7) is 0.296. The third kappa shape index (κ3) is 3.92. The number of carbonyl (C=O) groups excluding carboxylic acids is 1. The van der Waals surface area contributed by atoms with Crippen molar-refractivity contribution >= 4 is 6.09 Å². The van der Waals surface area contributed by atoms with Crippen LogP contribution in [-0.2, 0) is 11.4 Å². The van der Waals surface area contributed by atoms with Crippen LogP contribution in [0.25, 0.3) is 0 Å². The van der Waals surface area contributed by atoms with Gasteiger partial charge in [-0.3, -0.25) is 4.84 Å². The quantitative estimate of drug-likeness (QED) is 0.840. The van der Waals surface area contributed by atoms with E-state index in [1.807, 2.05) is 36.4 Å². The molecular formula is C14H13NO3. The molecule has 0 saturated carbocycles. The zero-order valence-electron chi connectivity index (χ0n) is 9.71. The minimum atomic E-state index is -0.642. The van der Waals surface area contributed by atoms with E-state index in [0.29, 0.717) is 12.4 Å². The molecule has 0 aliphatic rings. The van der Waals surface area contributed by atoms with E-state index < -0.39 is 6.09 Å². The van der Waals surface area contributed by atoms with E-state index in [1.54, 1.807) is 24.3 Å². The van der Waals surface area contributed by atoms with E-state index in [0.717, 1.165) is 5.56 Å². The minimum absolute atomic E-state index is 0.296. The summed E-state index contributed by atoms with van der Waals surface area (Å²) >= 11 is 0. The number of rotatable bonds is 4. The van der Waals surface area contributed by atoms with Crippen molar-refractivity contribution in [1.29, 1.82) is 0 Å². The highest BCUT2D eigenvalue weighted by molar-refractivity contribution is 5.69. The van der Waals surface area contributed by atoms with Gasteiger partial charge in [-0.2, -0.15) is 5.48 Å². The topological polar surface area (TPSA) is 47.6 Å². The normalized spacial score (nSPS) is 9.78. The highest BCUT2D eigenvalue weighted by Gasteiger charge is 2.03. The Morgan fingerprint density at radius 1 is 0.944 bits per heavy atom. The molecule has 0 heterocycles. The largest absolute Gasteiger partial charge is 0.436 e. The highest BCUT2D eigenvalue weighted by atomic mass is 16.7. The van der Waals surface area contributed by atoms with E-state index in [-0.39, 0.29) is 0 Å². The number of hydrogen-bond donors (Lipinski definition) is 1. The Labute approximate surface area is 105 Å². The zero-order chi connectivity index (χ0) is 12.6. The van der Waals surface area contributed by atoms with Crippen molar-refractivity contribution in [3.05, 3.63) is 66.2 Å². The maximum atomic E-state index is 11.3. The number of amides is 1. The van der Waals surface area contributed by atoms with Crippen LogP contribution in [0.4, 0.5) is 4.79 Å². The van der Waals surface area contributed by atoms with Crippen LogP contribution in [0.15, 0.2) is 60.7 Å². The Balaban J connectivity index is 1.73. The SMILES string of the molecule is O=C(NOCc1ccccc1)Oc1ccccc1. The molecule has 0 saturated heterocycles. The standard InChI is InChI=1S/C14H13NO3/c16-14(18-13-9-5-2-6-10-13)15-17-11-12-7-3-1-4-8-12/h1-10H,11H2,(H,15,16). The lowest BCUT2D eigenvalue weighted by atomic mass is 10.2. The van der Waals surface area contributed by atoms with Gasteiger partial charge in [0.25, 0.3) is 0 Å². The Morgan fingerprint density at radius 3 is 2.22 bits per heavy atom. The number of benzene rings is 2. The lowest BCUT2D eigenvalue weighted by molar-refractivity contribution is 0.0343. The first-order chi connectivity index (χ1) is 8.84. The summed E-state index contributed by atoms with van der Waals surface area (Å²) in [5.41, 5.74) is 3.19. The molecule has 0 radical (unpaired) electrons. The van der Waals surface area contributed by atoms with Gasteiger partial charge in [-0.25, -0.2) is 4.79 Å². The van der Waals surface area contributed by atoms with Crippen molar-refractivity contribution in [3.8, 4) is 5.75 Å². The Morgan fingerprint density at radius 2 is 1.56 bits per heavy atom. The van der Waals surface area contributed by atoms with Crippen LogP contribution in [0.3, 0.4) is 0 Å². The number of para-hydroxylation sites is 1. The van der Waals surface area contributed by atoms with Gasteiger partial charge in [0.05, 0.1) is 6.61 Å². The third-order valence-electron chi connectivity index (χ3n) is 2.19. The van der Waals surface area contributed by atoms with E-state index in [2.05, 4.69) is 5.48 Å². The fourth-order valence-electron chi connectivity index (χ4n) is 1.37. The van der Waals surface area contributed by atoms with Crippen molar-refractivity contribution in [3.63, 3.8) is 0 Å². The van der Waals surface area contributed by atoms with Gasteiger partial charge in [0.2, 0.25) is 0 Å². The smallest absolute Gasteiger partial charge is 0.409 e. The zero-order valence-corrected chi connectivity index (χ0v) is 9.71. The summed E-state index contributed by atoms with van der Waals surface area (Å²) in [6, 6.07) is 18.3. The predicted octanol–water partition coefficient (Wildman–Crippen LogP) is 2.91. The number of ether oxygens (including phenoxy) is 1. The summed E-state index contributed by atoms with van der Waals surface area (Å²) in [4.78, 5) is 16.4. The maximum absolute atomic E-state index is 11.3. The number of hydroxylamine groups is 1. The van der Waals surface area contributed by atoms with E-state index in [9.17, 15) is 4.79 Å². The molecule has 0 bridgehead atoms. The summed E-state index contributed by atoms with van der Waals surface area (Å²) in [5, 5.41) is 0. The molecule has 2 rings (SSSR count). The number of hydrogen-bond acceptors (Lipinski definition) is 3. The van der Waals surface area contributed by atoms with Crippen LogP contribution in [0.2, 0.25) is 0 Å². The van der Waals surface area contributed by atoms with Gasteiger partial charge in [-0.15, -0.1) is 0 Å². The second kappa shape index (κ2) is 6.42. The monoisotopic (exact) mass is 243 g/mol. The third-order valence-corrected chi connectivity index (χ3v) is 2.19. The molecule has 92 valence electrons. The van der Waals surface area contributed by atoms with Crippen LogP contribution in [0.1, 0.15) is 5.56 Å². The Bertz CT molecular complexity index is 485. The molecule has 1 N–H and O–H groups in total. The van der Waals surface area contributed by atoms with Gasteiger partial charge in [-0.1, -0.05) is 48.5 Å². The molecule has 18 heavy (non-hydrogen) atoms. The van der Waals surface area contributed by atoms with Gasteiger partial charge in [0, 0.05) is 0 Å². The molecule has 0 aliphatic carbocycles. The number of nitrogens with one attached hydrogen (secondary N) is 1. The van der Waals surface area contributed by atoms with E-state index >= 15 is 0 Å². The Kier molecular flexibility index (Phi) is 4.33. The summed E-state index contributed by atoms with van der Waals surface area (Å²) in [5.74, 6) is 0.471. The van der Waals surface area contributed by atoms with Gasteiger partial charge >= 0.3 is 6.09 Å². The Hall–Kier alpha value is -2.33. The number of carbonyl (C=O) groups is 1. The van der Waals surface area contributed by atoms with Crippen LogP contribution >= 0.6 is 0 Å². The van der Waals surface area contributed by atoms with E-state index in [4.69, 9.17) is 9.57 Å². The van der Waals surface area contributed by atoms with Crippen LogP contribution in [-0.4, -0.2) is 6.09 Å². The van der Waals surface area contributed by atoms with Crippen molar-refractivity contribution in [2.45, 2.75) is 6.61 Å². The molecule has 0 aromatic heterocycles. The second-order valence-corrected chi connectivity index (χ2v) is 3.58. The molecule has 2 aromatic carbocycles. The van der Waals surface area contributed by atoms with Crippen molar-refractivity contribution in [2.24, 2.45) is 0 Å². The summed E-state index contributed by atoms with van der Waals surface area (Å²) < 4.78 is 4.98. The summed E-state index contributed by atoms with van der Waals surface area (Å²) in [6.07, 6.45) is -0.642. The van der Waals surface area contributed by atoms with Crippen LogP contribution < -0.4 is 10.2 Å². The maximum Gasteiger partial charge on any atom is 0.436 e. The average Bonchev–Trinajstić information content (AvgIpc) is 2.41. The lowest BCUT2D eigenvalue weighted by Gasteiger charge is -2.06. The molecule has 0 spiro atoms. The molecule has 4 nitrogen and oxygen atoms in total. The second-order valence-electron chi connectivity index (χ2n) is 3.58. The minimum Gasteiger partial charge on any atom is -0.409 e. The fourth-order valence-corrected chi connectivity index (χ4v) is 1.37. The predicted molar refractivity (Wildman–Crippen MR) is 66.8 cm³/mol. The molecule has 0 unspecified atom stereocenters. The van der Waals surface area contributed by atoms with Crippen molar-refractivity contribution in [2.75, 3.05) is 0 Å². The van der Waals surface area contributed by atoms with E-state index in [1.165, 1.54) is 0 Å². The van der Waals surface area contributed by atoms with Crippen molar-refractivity contribution < 1.29 is 14.4 Å². The van der Waals surface area contributed by atoms with Gasteiger partial charge in [-0.05, 0) is 17.7 Å². The average molecular weight is 243 g/mol. The molecule has 0 fully saturated rings.